The van der Waals surface area contributed by atoms with E-state index in [1.807, 2.05) is 0 Å². The van der Waals surface area contributed by atoms with Gasteiger partial charge in [0.05, 0.1) is 0 Å². The molecule has 0 amide bonds. The van der Waals surface area contributed by atoms with Gasteiger partial charge in [-0.2, -0.15) is 0 Å². The van der Waals surface area contributed by atoms with Crippen molar-refractivity contribution in [1.82, 2.24) is 0 Å². The number of hydrogen-bond acceptors (Lipinski definition) is 1. The molecule has 0 aliphatic rings. The molecule has 0 radical (unpaired) electrons. The van der Waals surface area contributed by atoms with E-state index in [9.17, 15) is 0 Å². The van der Waals surface area contributed by atoms with E-state index in [-0.39, 0.29) is 0 Å². The third kappa shape index (κ3) is 30.0. The van der Waals surface area contributed by atoms with Gasteiger partial charge in [0.2, 0.25) is 0 Å². The second kappa shape index (κ2) is 28.0. The second-order valence-corrected chi connectivity index (χ2v) is 10.6. The molecule has 0 aliphatic carbocycles. The van der Waals surface area contributed by atoms with Gasteiger partial charge in [-0.15, -0.1) is 0 Å². The van der Waals surface area contributed by atoms with E-state index < -0.39 is 0 Å². The first kappa shape index (κ1) is 31.0. The van der Waals surface area contributed by atoms with E-state index in [4.69, 9.17) is 4.74 Å². The molecule has 0 aromatic rings. The Kier molecular flexibility index (Phi) is 28.0. The Morgan fingerprint density at radius 1 is 0.387 bits per heavy atom. The summed E-state index contributed by atoms with van der Waals surface area (Å²) in [6, 6.07) is 0. The van der Waals surface area contributed by atoms with Gasteiger partial charge in [-0.25, -0.2) is 0 Å². The lowest BCUT2D eigenvalue weighted by Gasteiger charge is -2.06. The van der Waals surface area contributed by atoms with Gasteiger partial charge in [-0.05, 0) is 12.3 Å². The Bertz CT molecular complexity index is 299. The highest BCUT2D eigenvalue weighted by atomic mass is 16.5. The van der Waals surface area contributed by atoms with Gasteiger partial charge in [-0.1, -0.05) is 168 Å². The van der Waals surface area contributed by atoms with Crippen molar-refractivity contribution in [3.63, 3.8) is 0 Å². The number of unbranched alkanes of at least 4 members (excludes halogenated alkanes) is 23. The van der Waals surface area contributed by atoms with E-state index in [0.717, 1.165) is 13.2 Å². The lowest BCUT2D eigenvalue weighted by Crippen LogP contribution is -2.02. The van der Waals surface area contributed by atoms with Gasteiger partial charge >= 0.3 is 0 Å². The highest BCUT2D eigenvalue weighted by Crippen LogP contribution is 2.15. The van der Waals surface area contributed by atoms with Crippen molar-refractivity contribution in [1.29, 1.82) is 0 Å². The minimum absolute atomic E-state index is 0.675. The third-order valence-corrected chi connectivity index (χ3v) is 6.59. The van der Waals surface area contributed by atoms with Crippen molar-refractivity contribution >= 4 is 0 Å². The van der Waals surface area contributed by atoms with Crippen LogP contribution in [-0.4, -0.2) is 13.2 Å². The fourth-order valence-corrected chi connectivity index (χ4v) is 4.49. The minimum atomic E-state index is 0.675. The lowest BCUT2D eigenvalue weighted by atomic mass is 10.0. The summed E-state index contributed by atoms with van der Waals surface area (Å²) in [5.41, 5.74) is 0. The molecule has 188 valence electrons. The summed E-state index contributed by atoms with van der Waals surface area (Å²) in [5.74, 6) is 0.675. The summed E-state index contributed by atoms with van der Waals surface area (Å²) in [7, 11) is 0. The maximum absolute atomic E-state index is 5.64. The Balaban J connectivity index is 2.99. The smallest absolute Gasteiger partial charge is 0.0488 e. The lowest BCUT2D eigenvalue weighted by molar-refractivity contribution is 0.106. The van der Waals surface area contributed by atoms with Gasteiger partial charge in [0.25, 0.3) is 0 Å². The van der Waals surface area contributed by atoms with E-state index in [0.29, 0.717) is 5.92 Å². The average molecular weight is 439 g/mol. The molecule has 0 aliphatic heterocycles. The van der Waals surface area contributed by atoms with Crippen LogP contribution >= 0.6 is 0 Å². The van der Waals surface area contributed by atoms with Crippen LogP contribution in [-0.2, 0) is 4.74 Å². The maximum Gasteiger partial charge on any atom is 0.0488 e. The molecule has 0 rings (SSSR count). The number of rotatable bonds is 27. The molecule has 1 heteroatoms. The zero-order valence-corrected chi connectivity index (χ0v) is 22.4. The van der Waals surface area contributed by atoms with Crippen molar-refractivity contribution < 1.29 is 4.74 Å². The fraction of sp³-hybridized carbons (Fsp3) is 1.00. The molecule has 1 nitrogen and oxygen atoms in total. The molecule has 0 bridgehead atoms. The zero-order chi connectivity index (χ0) is 22.7. The van der Waals surface area contributed by atoms with E-state index >= 15 is 0 Å². The van der Waals surface area contributed by atoms with Crippen LogP contribution in [0.15, 0.2) is 0 Å². The van der Waals surface area contributed by atoms with Crippen LogP contribution in [0.2, 0.25) is 0 Å². The van der Waals surface area contributed by atoms with Crippen molar-refractivity contribution in [2.45, 2.75) is 175 Å². The van der Waals surface area contributed by atoms with Crippen LogP contribution in [0.25, 0.3) is 0 Å². The van der Waals surface area contributed by atoms with Gasteiger partial charge in [0.15, 0.2) is 0 Å². The van der Waals surface area contributed by atoms with Crippen LogP contribution in [0.1, 0.15) is 175 Å². The van der Waals surface area contributed by atoms with Crippen LogP contribution in [0.3, 0.4) is 0 Å². The minimum Gasteiger partial charge on any atom is -0.381 e. The van der Waals surface area contributed by atoms with Crippen LogP contribution < -0.4 is 0 Å². The summed E-state index contributed by atoms with van der Waals surface area (Å²) >= 11 is 0. The van der Waals surface area contributed by atoms with Crippen molar-refractivity contribution in [2.75, 3.05) is 13.2 Å². The highest BCUT2D eigenvalue weighted by molar-refractivity contribution is 4.51. The monoisotopic (exact) mass is 438 g/mol. The predicted octanol–water partition coefficient (Wildman–Crippen LogP) is 11.0. The van der Waals surface area contributed by atoms with Crippen LogP contribution in [0.4, 0.5) is 0 Å². The van der Waals surface area contributed by atoms with Crippen molar-refractivity contribution in [3.05, 3.63) is 0 Å². The standard InChI is InChI=1S/C30H62O/c1-4-5-6-7-8-9-10-11-12-13-14-15-16-17-18-19-20-21-22-23-24-25-26-27-28-31-29-30(2)3/h30H,4-29H2,1-3H3. The number of hydrogen-bond donors (Lipinski definition) is 0. The Morgan fingerprint density at radius 2 is 0.645 bits per heavy atom. The van der Waals surface area contributed by atoms with Gasteiger partial charge in [-0.3, -0.25) is 0 Å². The molecule has 0 aromatic carbocycles. The first-order valence-corrected chi connectivity index (χ1v) is 14.8. The topological polar surface area (TPSA) is 9.23 Å². The molecular formula is C30H62O. The number of ether oxygens (including phenoxy) is 1. The van der Waals surface area contributed by atoms with Crippen molar-refractivity contribution in [3.8, 4) is 0 Å². The fourth-order valence-electron chi connectivity index (χ4n) is 4.49. The molecule has 0 N–H and O–H groups in total. The summed E-state index contributed by atoms with van der Waals surface area (Å²) in [5, 5.41) is 0. The molecule has 31 heavy (non-hydrogen) atoms. The maximum atomic E-state index is 5.64. The molecule has 0 atom stereocenters. The highest BCUT2D eigenvalue weighted by Gasteiger charge is 1.97. The molecule has 0 heterocycles. The van der Waals surface area contributed by atoms with E-state index in [1.165, 1.54) is 154 Å². The van der Waals surface area contributed by atoms with Crippen LogP contribution in [0, 0.1) is 5.92 Å². The summed E-state index contributed by atoms with van der Waals surface area (Å²) in [6.45, 7) is 8.65. The average Bonchev–Trinajstić information content (AvgIpc) is 2.76. The van der Waals surface area contributed by atoms with Gasteiger partial charge < -0.3 is 4.74 Å². The molecule has 0 aromatic heterocycles. The molecule has 0 unspecified atom stereocenters. The zero-order valence-electron chi connectivity index (χ0n) is 22.4. The molecule has 0 spiro atoms. The quantitative estimate of drug-likeness (QED) is 0.116. The molecular weight excluding hydrogens is 376 g/mol. The van der Waals surface area contributed by atoms with E-state index in [1.54, 1.807) is 0 Å². The SMILES string of the molecule is CCCCCCCCCCCCCCCCCCCCCCCCCCOCC(C)C. The van der Waals surface area contributed by atoms with Gasteiger partial charge in [0.1, 0.15) is 0 Å². The van der Waals surface area contributed by atoms with E-state index in [2.05, 4.69) is 20.8 Å². The van der Waals surface area contributed by atoms with Crippen LogP contribution in [0.5, 0.6) is 0 Å². The third-order valence-electron chi connectivity index (χ3n) is 6.59. The van der Waals surface area contributed by atoms with Crippen molar-refractivity contribution in [2.24, 2.45) is 5.92 Å². The molecule has 0 saturated carbocycles. The Morgan fingerprint density at radius 3 is 0.903 bits per heavy atom. The molecule has 0 saturated heterocycles. The Hall–Kier alpha value is -0.0400. The molecule has 0 fully saturated rings. The summed E-state index contributed by atoms with van der Waals surface area (Å²) < 4.78 is 5.64. The normalized spacial score (nSPS) is 11.6. The summed E-state index contributed by atoms with van der Waals surface area (Å²) in [6.07, 6.45) is 34.9. The predicted molar refractivity (Wildman–Crippen MR) is 142 cm³/mol. The first-order chi connectivity index (χ1) is 15.3. The largest absolute Gasteiger partial charge is 0.381 e. The van der Waals surface area contributed by atoms with Gasteiger partial charge in [0, 0.05) is 13.2 Å². The second-order valence-electron chi connectivity index (χ2n) is 10.6. The Labute approximate surface area is 198 Å². The first-order valence-electron chi connectivity index (χ1n) is 14.8. The summed E-state index contributed by atoms with van der Waals surface area (Å²) in [4.78, 5) is 0.